The SMILES string of the molecule is O=CC(=CNN1C(=O)c2cccc3cccc(c23)C1=O)c1nc2cc(Cl)ccc2o1. The first-order valence-corrected chi connectivity index (χ1v) is 9.33. The number of halogens is 1. The lowest BCUT2D eigenvalue weighted by Crippen LogP contribution is -2.47. The van der Waals surface area contributed by atoms with Crippen LogP contribution in [0, 0.1) is 0 Å². The van der Waals surface area contributed by atoms with Crippen molar-refractivity contribution in [1.29, 1.82) is 0 Å². The first-order valence-electron chi connectivity index (χ1n) is 8.95. The number of aldehydes is 1. The van der Waals surface area contributed by atoms with Gasteiger partial charge in [-0.15, -0.1) is 0 Å². The molecular weight excluding hydrogens is 406 g/mol. The van der Waals surface area contributed by atoms with Gasteiger partial charge in [-0.1, -0.05) is 35.9 Å². The zero-order valence-corrected chi connectivity index (χ0v) is 16.0. The van der Waals surface area contributed by atoms with E-state index in [1.54, 1.807) is 42.5 Å². The van der Waals surface area contributed by atoms with Crippen molar-refractivity contribution >= 4 is 57.1 Å². The molecule has 0 bridgehead atoms. The van der Waals surface area contributed by atoms with Gasteiger partial charge in [-0.25, -0.2) is 4.98 Å². The van der Waals surface area contributed by atoms with E-state index >= 15 is 0 Å². The molecule has 7 nitrogen and oxygen atoms in total. The second-order valence-electron chi connectivity index (χ2n) is 6.63. The van der Waals surface area contributed by atoms with E-state index in [-0.39, 0.29) is 11.5 Å². The van der Waals surface area contributed by atoms with Crippen molar-refractivity contribution in [3.63, 3.8) is 0 Å². The Labute approximate surface area is 174 Å². The summed E-state index contributed by atoms with van der Waals surface area (Å²) < 4.78 is 5.57. The van der Waals surface area contributed by atoms with Gasteiger partial charge in [-0.3, -0.25) is 19.8 Å². The van der Waals surface area contributed by atoms with Crippen molar-refractivity contribution < 1.29 is 18.8 Å². The van der Waals surface area contributed by atoms with Crippen LogP contribution in [-0.4, -0.2) is 28.1 Å². The average molecular weight is 418 g/mol. The van der Waals surface area contributed by atoms with Crippen molar-refractivity contribution in [2.24, 2.45) is 0 Å². The highest BCUT2D eigenvalue weighted by Crippen LogP contribution is 2.29. The van der Waals surface area contributed by atoms with Crippen LogP contribution in [0.5, 0.6) is 0 Å². The van der Waals surface area contributed by atoms with E-state index in [4.69, 9.17) is 16.0 Å². The molecule has 0 atom stereocenters. The van der Waals surface area contributed by atoms with E-state index in [0.29, 0.717) is 38.9 Å². The van der Waals surface area contributed by atoms with Crippen molar-refractivity contribution in [3.8, 4) is 0 Å². The van der Waals surface area contributed by atoms with E-state index in [9.17, 15) is 14.4 Å². The van der Waals surface area contributed by atoms with E-state index in [2.05, 4.69) is 10.4 Å². The Morgan fingerprint density at radius 3 is 2.40 bits per heavy atom. The number of hydrazine groups is 1. The maximum atomic E-state index is 12.9. The summed E-state index contributed by atoms with van der Waals surface area (Å²) in [4.78, 5) is 41.7. The molecule has 0 spiro atoms. The fraction of sp³-hybridized carbons (Fsp3) is 0. The minimum atomic E-state index is -0.518. The maximum absolute atomic E-state index is 12.9. The van der Waals surface area contributed by atoms with Crippen LogP contribution < -0.4 is 5.43 Å². The third-order valence-electron chi connectivity index (χ3n) is 4.84. The molecule has 0 saturated heterocycles. The molecule has 0 radical (unpaired) electrons. The summed E-state index contributed by atoms with van der Waals surface area (Å²) in [6.45, 7) is 0. The quantitative estimate of drug-likeness (QED) is 0.307. The third-order valence-corrected chi connectivity index (χ3v) is 5.08. The summed E-state index contributed by atoms with van der Waals surface area (Å²) in [5, 5.41) is 2.76. The Morgan fingerprint density at radius 1 is 1.03 bits per heavy atom. The van der Waals surface area contributed by atoms with Gasteiger partial charge in [0.2, 0.25) is 5.89 Å². The fourth-order valence-corrected chi connectivity index (χ4v) is 3.62. The molecular formula is C22H12ClN3O4. The van der Waals surface area contributed by atoms with E-state index in [1.807, 2.05) is 12.1 Å². The Hall–Kier alpha value is -3.97. The molecule has 1 aromatic heterocycles. The lowest BCUT2D eigenvalue weighted by molar-refractivity contribution is -0.103. The highest BCUT2D eigenvalue weighted by Gasteiger charge is 2.32. The molecule has 3 aromatic carbocycles. The summed E-state index contributed by atoms with van der Waals surface area (Å²) in [6.07, 6.45) is 1.73. The number of fused-ring (bicyclic) bond motifs is 1. The van der Waals surface area contributed by atoms with E-state index in [1.165, 1.54) is 6.20 Å². The second-order valence-corrected chi connectivity index (χ2v) is 7.07. The maximum Gasteiger partial charge on any atom is 0.280 e. The Morgan fingerprint density at radius 2 is 1.73 bits per heavy atom. The predicted molar refractivity (Wildman–Crippen MR) is 111 cm³/mol. The molecule has 0 fully saturated rings. The molecule has 1 N–H and O–H groups in total. The summed E-state index contributed by atoms with van der Waals surface area (Å²) >= 11 is 5.95. The minimum absolute atomic E-state index is 0.0278. The number of nitrogens with zero attached hydrogens (tertiary/aromatic N) is 2. The minimum Gasteiger partial charge on any atom is -0.436 e. The number of carbonyl (C=O) groups excluding carboxylic acids is 3. The zero-order valence-electron chi connectivity index (χ0n) is 15.3. The normalized spacial score (nSPS) is 13.9. The molecule has 146 valence electrons. The van der Waals surface area contributed by atoms with Gasteiger partial charge in [0.1, 0.15) is 5.52 Å². The number of nitrogens with one attached hydrogen (secondary N) is 1. The van der Waals surface area contributed by atoms with Crippen LogP contribution >= 0.6 is 11.6 Å². The number of oxazole rings is 1. The van der Waals surface area contributed by atoms with Crippen molar-refractivity contribution in [3.05, 3.63) is 82.8 Å². The van der Waals surface area contributed by atoms with Crippen molar-refractivity contribution in [1.82, 2.24) is 15.4 Å². The van der Waals surface area contributed by atoms with Crippen LogP contribution in [0.3, 0.4) is 0 Å². The highest BCUT2D eigenvalue weighted by atomic mass is 35.5. The summed E-state index contributed by atoms with van der Waals surface area (Å²) in [6, 6.07) is 15.4. The first kappa shape index (κ1) is 18.1. The number of benzene rings is 3. The predicted octanol–water partition coefficient (Wildman–Crippen LogP) is 3.98. The molecule has 8 heteroatoms. The number of aromatic nitrogens is 1. The average Bonchev–Trinajstić information content (AvgIpc) is 3.17. The number of allylic oxidation sites excluding steroid dienone is 1. The number of imide groups is 1. The topological polar surface area (TPSA) is 92.5 Å². The number of carbonyl (C=O) groups is 3. The molecule has 1 aliphatic rings. The van der Waals surface area contributed by atoms with Crippen LogP contribution in [0.15, 0.2) is 65.2 Å². The first-order chi connectivity index (χ1) is 14.6. The fourth-order valence-electron chi connectivity index (χ4n) is 3.45. The van der Waals surface area contributed by atoms with E-state index in [0.717, 1.165) is 10.4 Å². The number of hydrogen-bond acceptors (Lipinski definition) is 6. The Kier molecular flexibility index (Phi) is 4.11. The molecule has 0 aliphatic carbocycles. The van der Waals surface area contributed by atoms with Crippen molar-refractivity contribution in [2.75, 3.05) is 0 Å². The van der Waals surface area contributed by atoms with Crippen LogP contribution in [0.2, 0.25) is 5.02 Å². The monoisotopic (exact) mass is 417 g/mol. The lowest BCUT2D eigenvalue weighted by atomic mass is 9.95. The molecule has 30 heavy (non-hydrogen) atoms. The van der Waals surface area contributed by atoms with Crippen LogP contribution in [0.4, 0.5) is 0 Å². The molecule has 1 aliphatic heterocycles. The lowest BCUT2D eigenvalue weighted by Gasteiger charge is -2.26. The second kappa shape index (κ2) is 6.82. The molecule has 2 amide bonds. The van der Waals surface area contributed by atoms with Crippen LogP contribution in [0.25, 0.3) is 27.4 Å². The molecule has 0 unspecified atom stereocenters. The summed E-state index contributed by atoms with van der Waals surface area (Å²) in [7, 11) is 0. The molecule has 5 rings (SSSR count). The van der Waals surface area contributed by atoms with Crippen LogP contribution in [0.1, 0.15) is 26.6 Å². The summed E-state index contributed by atoms with van der Waals surface area (Å²) in [5.41, 5.74) is 4.38. The molecule has 2 heterocycles. The standard InChI is InChI=1S/C22H12ClN3O4/c23-14-7-8-18-17(9-14)25-20(30-18)13(11-27)10-24-26-21(28)15-5-1-3-12-4-2-6-16(19(12)15)22(26)29/h1-11,24H. The van der Waals surface area contributed by atoms with Gasteiger partial charge in [0.25, 0.3) is 11.8 Å². The highest BCUT2D eigenvalue weighted by molar-refractivity contribution is 6.31. The number of hydrogen-bond donors (Lipinski definition) is 1. The smallest absolute Gasteiger partial charge is 0.280 e. The largest absolute Gasteiger partial charge is 0.436 e. The molecule has 0 saturated carbocycles. The Bertz CT molecular complexity index is 1360. The van der Waals surface area contributed by atoms with Gasteiger partial charge in [-0.05, 0) is 35.7 Å². The number of rotatable bonds is 4. The zero-order chi connectivity index (χ0) is 20.8. The van der Waals surface area contributed by atoms with Crippen molar-refractivity contribution in [2.45, 2.75) is 0 Å². The van der Waals surface area contributed by atoms with Gasteiger partial charge in [0.15, 0.2) is 11.9 Å². The van der Waals surface area contributed by atoms with Gasteiger partial charge in [0.05, 0.1) is 16.7 Å². The molecule has 4 aromatic rings. The van der Waals surface area contributed by atoms with Gasteiger partial charge in [0, 0.05) is 16.6 Å². The number of amides is 2. The van der Waals surface area contributed by atoms with Gasteiger partial charge >= 0.3 is 0 Å². The van der Waals surface area contributed by atoms with Gasteiger partial charge < -0.3 is 4.42 Å². The Balaban J connectivity index is 1.51. The summed E-state index contributed by atoms with van der Waals surface area (Å²) in [5.74, 6) is -1.00. The van der Waals surface area contributed by atoms with Gasteiger partial charge in [-0.2, -0.15) is 5.01 Å². The van der Waals surface area contributed by atoms with Crippen LogP contribution in [-0.2, 0) is 4.79 Å². The third kappa shape index (κ3) is 2.75. The van der Waals surface area contributed by atoms with E-state index < -0.39 is 11.8 Å².